The van der Waals surface area contributed by atoms with Crippen molar-refractivity contribution in [2.45, 2.75) is 32.1 Å². The van der Waals surface area contributed by atoms with Gasteiger partial charge in [0.2, 0.25) is 10.0 Å². The van der Waals surface area contributed by atoms with Crippen molar-refractivity contribution in [3.63, 3.8) is 0 Å². The first kappa shape index (κ1) is 16.6. The maximum Gasteiger partial charge on any atom is 0.216 e. The summed E-state index contributed by atoms with van der Waals surface area (Å²) in [6.07, 6.45) is 0.565. The lowest BCUT2D eigenvalue weighted by Crippen LogP contribution is -2.39. The number of nitriles is 1. The molecule has 0 spiro atoms. The quantitative estimate of drug-likeness (QED) is 0.795. The van der Waals surface area contributed by atoms with E-state index in [-0.39, 0.29) is 18.3 Å². The van der Waals surface area contributed by atoms with E-state index in [9.17, 15) is 13.5 Å². The van der Waals surface area contributed by atoms with E-state index in [0.29, 0.717) is 17.5 Å². The summed E-state index contributed by atoms with van der Waals surface area (Å²) < 4.78 is 26.7. The first-order valence-electron chi connectivity index (χ1n) is 6.46. The Labute approximate surface area is 120 Å². The van der Waals surface area contributed by atoms with Gasteiger partial charge in [-0.2, -0.15) is 5.26 Å². The number of hydrogen-bond acceptors (Lipinski definition) is 4. The Morgan fingerprint density at radius 1 is 1.35 bits per heavy atom. The lowest BCUT2D eigenvalue weighted by Gasteiger charge is -2.18. The summed E-state index contributed by atoms with van der Waals surface area (Å²) in [6, 6.07) is 8.08. The molecule has 0 saturated carbocycles. The number of aliphatic hydroxyl groups is 1. The molecule has 0 amide bonds. The van der Waals surface area contributed by atoms with Crippen LogP contribution in [-0.2, 0) is 15.8 Å². The molecule has 0 aromatic heterocycles. The van der Waals surface area contributed by atoms with E-state index in [1.807, 2.05) is 19.9 Å². The minimum atomic E-state index is -3.59. The summed E-state index contributed by atoms with van der Waals surface area (Å²) >= 11 is 0. The number of nitrogens with one attached hydrogen (secondary N) is 1. The van der Waals surface area contributed by atoms with E-state index < -0.39 is 16.1 Å². The van der Waals surface area contributed by atoms with Crippen molar-refractivity contribution in [2.75, 3.05) is 6.61 Å². The van der Waals surface area contributed by atoms with Crippen molar-refractivity contribution < 1.29 is 13.5 Å². The van der Waals surface area contributed by atoms with Gasteiger partial charge in [-0.25, -0.2) is 13.1 Å². The average Bonchev–Trinajstić information content (AvgIpc) is 2.37. The smallest absolute Gasteiger partial charge is 0.216 e. The lowest BCUT2D eigenvalue weighted by atomic mass is 10.1. The molecule has 0 aliphatic carbocycles. The van der Waals surface area contributed by atoms with E-state index in [1.54, 1.807) is 24.3 Å². The second kappa shape index (κ2) is 7.39. The zero-order valence-corrected chi connectivity index (χ0v) is 12.5. The maximum atomic E-state index is 12.1. The molecule has 0 aliphatic heterocycles. The highest BCUT2D eigenvalue weighted by molar-refractivity contribution is 7.88. The fourth-order valence-corrected chi connectivity index (χ4v) is 3.41. The molecule has 6 heteroatoms. The fraction of sp³-hybridized carbons (Fsp3) is 0.500. The van der Waals surface area contributed by atoms with Crippen LogP contribution in [0.1, 0.15) is 31.4 Å². The van der Waals surface area contributed by atoms with Crippen LogP contribution in [0, 0.1) is 17.2 Å². The van der Waals surface area contributed by atoms with Crippen molar-refractivity contribution in [3.05, 3.63) is 35.4 Å². The topological polar surface area (TPSA) is 90.2 Å². The minimum absolute atomic E-state index is 0.239. The Morgan fingerprint density at radius 3 is 2.55 bits per heavy atom. The van der Waals surface area contributed by atoms with Gasteiger partial charge in [-0.05, 0) is 24.0 Å². The number of benzene rings is 1. The predicted octanol–water partition coefficient (Wildman–Crippen LogP) is 1.38. The van der Waals surface area contributed by atoms with Crippen molar-refractivity contribution in [1.29, 1.82) is 5.26 Å². The number of aliphatic hydroxyl groups excluding tert-OH is 1. The van der Waals surface area contributed by atoms with Gasteiger partial charge in [-0.15, -0.1) is 0 Å². The highest BCUT2D eigenvalue weighted by Gasteiger charge is 2.20. The van der Waals surface area contributed by atoms with Crippen molar-refractivity contribution >= 4 is 10.0 Å². The Hall–Kier alpha value is -1.42. The molecule has 0 bridgehead atoms. The zero-order valence-electron chi connectivity index (χ0n) is 11.7. The third kappa shape index (κ3) is 5.29. The van der Waals surface area contributed by atoms with Crippen LogP contribution in [0.3, 0.4) is 0 Å². The van der Waals surface area contributed by atoms with Gasteiger partial charge in [0.1, 0.15) is 0 Å². The SMILES string of the molecule is CC(C)CC(CO)NS(=O)(=O)Cc1ccccc1C#N. The molecule has 0 heterocycles. The van der Waals surface area contributed by atoms with Gasteiger partial charge in [0.15, 0.2) is 0 Å². The molecular weight excluding hydrogens is 276 g/mol. The number of hydrogen-bond donors (Lipinski definition) is 2. The first-order chi connectivity index (χ1) is 9.38. The fourth-order valence-electron chi connectivity index (χ4n) is 1.98. The van der Waals surface area contributed by atoms with Crippen LogP contribution in [0.5, 0.6) is 0 Å². The van der Waals surface area contributed by atoms with Gasteiger partial charge >= 0.3 is 0 Å². The molecule has 0 aliphatic rings. The standard InChI is InChI=1S/C14H20N2O3S/c1-11(2)7-14(9-17)16-20(18,19)10-13-6-4-3-5-12(13)8-15/h3-6,11,14,16-17H,7,9-10H2,1-2H3. The Kier molecular flexibility index (Phi) is 6.14. The molecule has 110 valence electrons. The molecule has 1 aromatic rings. The van der Waals surface area contributed by atoms with Gasteiger partial charge < -0.3 is 5.11 Å². The summed E-state index contributed by atoms with van der Waals surface area (Å²) in [6.45, 7) is 3.68. The van der Waals surface area contributed by atoms with E-state index in [0.717, 1.165) is 0 Å². The summed E-state index contributed by atoms with van der Waals surface area (Å²) in [5.74, 6) is 0.0203. The molecule has 0 saturated heterocycles. The first-order valence-corrected chi connectivity index (χ1v) is 8.12. The van der Waals surface area contributed by atoms with Gasteiger partial charge in [0, 0.05) is 6.04 Å². The number of rotatable bonds is 7. The van der Waals surface area contributed by atoms with Crippen LogP contribution in [0.2, 0.25) is 0 Å². The van der Waals surface area contributed by atoms with E-state index in [4.69, 9.17) is 5.26 Å². The number of nitrogens with zero attached hydrogens (tertiary/aromatic N) is 1. The molecule has 2 N–H and O–H groups in total. The van der Waals surface area contributed by atoms with E-state index in [1.165, 1.54) is 0 Å². The van der Waals surface area contributed by atoms with Crippen LogP contribution >= 0.6 is 0 Å². The monoisotopic (exact) mass is 296 g/mol. The molecule has 5 nitrogen and oxygen atoms in total. The Balaban J connectivity index is 2.82. The van der Waals surface area contributed by atoms with Gasteiger partial charge in [-0.3, -0.25) is 0 Å². The van der Waals surface area contributed by atoms with Crippen LogP contribution in [0.15, 0.2) is 24.3 Å². The van der Waals surface area contributed by atoms with Crippen LogP contribution in [0.4, 0.5) is 0 Å². The van der Waals surface area contributed by atoms with E-state index in [2.05, 4.69) is 4.72 Å². The largest absolute Gasteiger partial charge is 0.395 e. The lowest BCUT2D eigenvalue weighted by molar-refractivity contribution is 0.240. The molecule has 1 aromatic carbocycles. The van der Waals surface area contributed by atoms with Crippen LogP contribution < -0.4 is 4.72 Å². The molecule has 20 heavy (non-hydrogen) atoms. The van der Waals surface area contributed by atoms with Gasteiger partial charge in [0.25, 0.3) is 0 Å². The van der Waals surface area contributed by atoms with Gasteiger partial charge in [-0.1, -0.05) is 32.0 Å². The molecule has 1 unspecified atom stereocenters. The van der Waals surface area contributed by atoms with Crippen LogP contribution in [-0.4, -0.2) is 26.2 Å². The van der Waals surface area contributed by atoms with Crippen molar-refractivity contribution in [1.82, 2.24) is 4.72 Å². The number of sulfonamides is 1. The average molecular weight is 296 g/mol. The molecule has 0 fully saturated rings. The molecule has 0 radical (unpaired) electrons. The van der Waals surface area contributed by atoms with Crippen molar-refractivity contribution in [3.8, 4) is 6.07 Å². The Morgan fingerprint density at radius 2 is 2.00 bits per heavy atom. The molecule has 1 rings (SSSR count). The molecule has 1 atom stereocenters. The normalized spacial score (nSPS) is 13.2. The maximum absolute atomic E-state index is 12.1. The Bertz CT molecular complexity index is 576. The second-order valence-corrected chi connectivity index (χ2v) is 6.91. The third-order valence-electron chi connectivity index (χ3n) is 2.81. The van der Waals surface area contributed by atoms with Crippen LogP contribution in [0.25, 0.3) is 0 Å². The third-order valence-corrected chi connectivity index (χ3v) is 4.19. The zero-order chi connectivity index (χ0) is 15.2. The van der Waals surface area contributed by atoms with Crippen molar-refractivity contribution in [2.24, 2.45) is 5.92 Å². The predicted molar refractivity (Wildman–Crippen MR) is 77.2 cm³/mol. The van der Waals surface area contributed by atoms with E-state index >= 15 is 0 Å². The van der Waals surface area contributed by atoms with Gasteiger partial charge in [0.05, 0.1) is 24.0 Å². The second-order valence-electron chi connectivity index (χ2n) is 5.15. The minimum Gasteiger partial charge on any atom is -0.395 e. The highest BCUT2D eigenvalue weighted by atomic mass is 32.2. The molecular formula is C14H20N2O3S. The summed E-state index contributed by atoms with van der Waals surface area (Å²) in [5.41, 5.74) is 0.811. The summed E-state index contributed by atoms with van der Waals surface area (Å²) in [7, 11) is -3.59. The highest BCUT2D eigenvalue weighted by Crippen LogP contribution is 2.12. The summed E-state index contributed by atoms with van der Waals surface area (Å²) in [5, 5.41) is 18.2. The summed E-state index contributed by atoms with van der Waals surface area (Å²) in [4.78, 5) is 0.